The van der Waals surface area contributed by atoms with Crippen molar-refractivity contribution in [2.45, 2.75) is 12.5 Å². The minimum absolute atomic E-state index is 0.147. The summed E-state index contributed by atoms with van der Waals surface area (Å²) in [5, 5.41) is 7.86. The Hall–Kier alpha value is -1.67. The van der Waals surface area contributed by atoms with Gasteiger partial charge in [0.05, 0.1) is 15.4 Å². The highest BCUT2D eigenvalue weighted by Gasteiger charge is 2.19. The fraction of sp³-hybridized carbons (Fsp3) is 0.222. The van der Waals surface area contributed by atoms with E-state index in [9.17, 15) is 4.79 Å². The number of carbonyl (C=O) groups is 1. The lowest BCUT2D eigenvalue weighted by atomic mass is 10.1. The minimum atomic E-state index is -0.191. The SMILES string of the molecule is Cn1nccc1-c1sc(C(=O)NC(CN)Cc2ccccc2Cl)cc1Br. The number of carbonyl (C=O) groups excluding carboxylic acids is 1. The van der Waals surface area contributed by atoms with Crippen molar-refractivity contribution in [3.05, 3.63) is 62.5 Å². The maximum absolute atomic E-state index is 12.7. The van der Waals surface area contributed by atoms with E-state index in [1.165, 1.54) is 11.3 Å². The summed E-state index contributed by atoms with van der Waals surface area (Å²) in [6.07, 6.45) is 2.32. The van der Waals surface area contributed by atoms with Crippen molar-refractivity contribution in [2.24, 2.45) is 12.8 Å². The Morgan fingerprint density at radius 3 is 2.85 bits per heavy atom. The number of nitrogens with zero attached hydrogens (tertiary/aromatic N) is 2. The van der Waals surface area contributed by atoms with Crippen LogP contribution in [0.2, 0.25) is 5.02 Å². The largest absolute Gasteiger partial charge is 0.347 e. The number of amides is 1. The second-order valence-corrected chi connectivity index (χ2v) is 8.14. The molecule has 0 spiro atoms. The van der Waals surface area contributed by atoms with Crippen LogP contribution in [-0.4, -0.2) is 28.3 Å². The van der Waals surface area contributed by atoms with Gasteiger partial charge in [0.15, 0.2) is 0 Å². The standard InChI is InChI=1S/C18H18BrClN4OS/c1-24-15(6-7-22-24)17-13(19)9-16(26-17)18(25)23-12(10-21)8-11-4-2-3-5-14(11)20/h2-7,9,12H,8,10,21H2,1H3,(H,23,25). The average molecular weight is 454 g/mol. The monoisotopic (exact) mass is 452 g/mol. The highest BCUT2D eigenvalue weighted by Crippen LogP contribution is 2.36. The smallest absolute Gasteiger partial charge is 0.261 e. The highest BCUT2D eigenvalue weighted by molar-refractivity contribution is 9.10. The van der Waals surface area contributed by atoms with E-state index in [-0.39, 0.29) is 11.9 Å². The molecule has 0 bridgehead atoms. The molecule has 136 valence electrons. The number of nitrogens with two attached hydrogens (primary N) is 1. The van der Waals surface area contributed by atoms with Crippen LogP contribution in [0, 0.1) is 0 Å². The third kappa shape index (κ3) is 4.17. The molecular formula is C18H18BrClN4OS. The molecule has 0 aliphatic rings. The van der Waals surface area contributed by atoms with Crippen LogP contribution >= 0.6 is 38.9 Å². The van der Waals surface area contributed by atoms with Gasteiger partial charge >= 0.3 is 0 Å². The number of rotatable bonds is 6. The van der Waals surface area contributed by atoms with Crippen LogP contribution in [0.5, 0.6) is 0 Å². The summed E-state index contributed by atoms with van der Waals surface area (Å²) in [5.41, 5.74) is 7.77. The van der Waals surface area contributed by atoms with Gasteiger partial charge in [-0.25, -0.2) is 0 Å². The molecule has 2 aromatic heterocycles. The lowest BCUT2D eigenvalue weighted by Gasteiger charge is -2.17. The summed E-state index contributed by atoms with van der Waals surface area (Å²) in [6.45, 7) is 0.331. The molecule has 3 N–H and O–H groups in total. The van der Waals surface area contributed by atoms with Crippen molar-refractivity contribution >= 4 is 44.8 Å². The molecule has 0 aliphatic heterocycles. The molecular weight excluding hydrogens is 436 g/mol. The fourth-order valence-electron chi connectivity index (χ4n) is 2.63. The predicted molar refractivity (Wildman–Crippen MR) is 110 cm³/mol. The molecule has 8 heteroatoms. The van der Waals surface area contributed by atoms with Gasteiger partial charge in [-0.3, -0.25) is 9.48 Å². The van der Waals surface area contributed by atoms with E-state index < -0.39 is 0 Å². The molecule has 0 aliphatic carbocycles. The number of aromatic nitrogens is 2. The second kappa shape index (κ2) is 8.35. The molecule has 1 unspecified atom stereocenters. The number of nitrogens with one attached hydrogen (secondary N) is 1. The van der Waals surface area contributed by atoms with Gasteiger partial charge in [-0.2, -0.15) is 5.10 Å². The molecule has 0 saturated heterocycles. The molecule has 5 nitrogen and oxygen atoms in total. The van der Waals surface area contributed by atoms with Crippen LogP contribution in [0.1, 0.15) is 15.2 Å². The summed E-state index contributed by atoms with van der Waals surface area (Å²) in [6, 6.07) is 11.1. The first kappa shape index (κ1) is 19.1. The van der Waals surface area contributed by atoms with Gasteiger partial charge in [0.2, 0.25) is 0 Å². The first-order chi connectivity index (χ1) is 12.5. The zero-order chi connectivity index (χ0) is 18.7. The Morgan fingerprint density at radius 1 is 1.42 bits per heavy atom. The van der Waals surface area contributed by atoms with Crippen molar-refractivity contribution in [3.63, 3.8) is 0 Å². The molecule has 3 aromatic rings. The number of hydrogen-bond donors (Lipinski definition) is 2. The summed E-state index contributed by atoms with van der Waals surface area (Å²) >= 11 is 11.2. The molecule has 3 rings (SSSR count). The number of thiophene rings is 1. The molecule has 0 radical (unpaired) electrons. The molecule has 1 aromatic carbocycles. The summed E-state index contributed by atoms with van der Waals surface area (Å²) in [5.74, 6) is -0.147. The minimum Gasteiger partial charge on any atom is -0.347 e. The van der Waals surface area contributed by atoms with Gasteiger partial charge in [-0.05, 0) is 46.1 Å². The zero-order valence-corrected chi connectivity index (χ0v) is 17.2. The Morgan fingerprint density at radius 2 is 2.19 bits per heavy atom. The number of halogens is 2. The zero-order valence-electron chi connectivity index (χ0n) is 14.1. The van der Waals surface area contributed by atoms with E-state index in [4.69, 9.17) is 17.3 Å². The van der Waals surface area contributed by atoms with E-state index in [0.29, 0.717) is 22.9 Å². The maximum Gasteiger partial charge on any atom is 0.261 e. The van der Waals surface area contributed by atoms with Crippen LogP contribution < -0.4 is 11.1 Å². The molecule has 0 saturated carbocycles. The lowest BCUT2D eigenvalue weighted by molar-refractivity contribution is 0.0942. The molecule has 1 amide bonds. The van der Waals surface area contributed by atoms with Crippen molar-refractivity contribution in [1.82, 2.24) is 15.1 Å². The Bertz CT molecular complexity index is 924. The highest BCUT2D eigenvalue weighted by atomic mass is 79.9. The third-order valence-corrected chi connectivity index (χ3v) is 6.42. The van der Waals surface area contributed by atoms with Gasteiger partial charge < -0.3 is 11.1 Å². The summed E-state index contributed by atoms with van der Waals surface area (Å²) in [7, 11) is 1.87. The Labute approximate surface area is 169 Å². The quantitative estimate of drug-likeness (QED) is 0.595. The Balaban J connectivity index is 1.75. The second-order valence-electron chi connectivity index (χ2n) is 5.83. The van der Waals surface area contributed by atoms with Gasteiger partial charge in [0.25, 0.3) is 5.91 Å². The Kier molecular flexibility index (Phi) is 6.13. The van der Waals surface area contributed by atoms with Gasteiger partial charge in [0.1, 0.15) is 0 Å². The number of aryl methyl sites for hydroxylation is 1. The molecule has 1 atom stereocenters. The van der Waals surface area contributed by atoms with Crippen molar-refractivity contribution < 1.29 is 4.79 Å². The third-order valence-electron chi connectivity index (χ3n) is 4.01. The van der Waals surface area contributed by atoms with Crippen LogP contribution in [0.25, 0.3) is 10.6 Å². The van der Waals surface area contributed by atoms with Gasteiger partial charge in [-0.15, -0.1) is 11.3 Å². The molecule has 2 heterocycles. The number of hydrogen-bond acceptors (Lipinski definition) is 4. The van der Waals surface area contributed by atoms with Crippen molar-refractivity contribution in [3.8, 4) is 10.6 Å². The van der Waals surface area contributed by atoms with E-state index in [2.05, 4.69) is 26.3 Å². The van der Waals surface area contributed by atoms with Crippen molar-refractivity contribution in [2.75, 3.05) is 6.54 Å². The van der Waals surface area contributed by atoms with E-state index in [1.54, 1.807) is 10.9 Å². The maximum atomic E-state index is 12.7. The van der Waals surface area contributed by atoms with E-state index in [1.807, 2.05) is 43.4 Å². The number of benzene rings is 1. The van der Waals surface area contributed by atoms with Crippen LogP contribution in [0.4, 0.5) is 0 Å². The normalized spacial score (nSPS) is 12.2. The van der Waals surface area contributed by atoms with Gasteiger partial charge in [0, 0.05) is 35.3 Å². The van der Waals surface area contributed by atoms with E-state index in [0.717, 1.165) is 20.6 Å². The van der Waals surface area contributed by atoms with Crippen molar-refractivity contribution in [1.29, 1.82) is 0 Å². The topological polar surface area (TPSA) is 72.9 Å². The van der Waals surface area contributed by atoms with E-state index >= 15 is 0 Å². The van der Waals surface area contributed by atoms with Crippen LogP contribution in [0.15, 0.2) is 47.1 Å². The lowest BCUT2D eigenvalue weighted by Crippen LogP contribution is -2.41. The predicted octanol–water partition coefficient (Wildman–Crippen LogP) is 3.86. The fourth-order valence-corrected chi connectivity index (χ4v) is 4.68. The van der Waals surface area contributed by atoms with Crippen LogP contribution in [-0.2, 0) is 13.5 Å². The first-order valence-electron chi connectivity index (χ1n) is 8.01. The first-order valence-corrected chi connectivity index (χ1v) is 10.0. The summed E-state index contributed by atoms with van der Waals surface area (Å²) < 4.78 is 2.64. The van der Waals surface area contributed by atoms with Gasteiger partial charge in [-0.1, -0.05) is 29.8 Å². The average Bonchev–Trinajstić information content (AvgIpc) is 3.21. The summed E-state index contributed by atoms with van der Waals surface area (Å²) in [4.78, 5) is 14.3. The molecule has 26 heavy (non-hydrogen) atoms. The molecule has 0 fully saturated rings. The van der Waals surface area contributed by atoms with Crippen LogP contribution in [0.3, 0.4) is 0 Å².